The zero-order chi connectivity index (χ0) is 22.9. The van der Waals surface area contributed by atoms with Gasteiger partial charge in [-0.15, -0.1) is 11.3 Å². The lowest BCUT2D eigenvalue weighted by atomic mass is 10.0. The second-order valence-corrected chi connectivity index (χ2v) is 9.21. The smallest absolute Gasteiger partial charge is 0.350 e. The van der Waals surface area contributed by atoms with E-state index in [1.807, 2.05) is 36.4 Å². The molecular weight excluding hydrogens is 483 g/mol. The first-order valence-corrected chi connectivity index (χ1v) is 11.6. The maximum absolute atomic E-state index is 13.0. The van der Waals surface area contributed by atoms with Gasteiger partial charge in [-0.2, -0.15) is 5.10 Å². The maximum atomic E-state index is 13.0. The molecule has 9 heteroatoms. The molecule has 0 N–H and O–H groups in total. The van der Waals surface area contributed by atoms with Gasteiger partial charge in [-0.1, -0.05) is 53.5 Å². The number of hydrogen-bond donors (Lipinski definition) is 0. The summed E-state index contributed by atoms with van der Waals surface area (Å²) in [6.45, 7) is -0.474. The van der Waals surface area contributed by atoms with Gasteiger partial charge in [0.2, 0.25) is 0 Å². The van der Waals surface area contributed by atoms with E-state index in [4.69, 9.17) is 32.4 Å². The van der Waals surface area contributed by atoms with Gasteiger partial charge in [0.1, 0.15) is 16.7 Å². The molecule has 2 aromatic carbocycles. The molecule has 0 bridgehead atoms. The lowest BCUT2D eigenvalue weighted by Crippen LogP contribution is -2.31. The zero-order valence-electron chi connectivity index (χ0n) is 17.0. The number of carbonyl (C=O) groups is 2. The van der Waals surface area contributed by atoms with E-state index in [-0.39, 0.29) is 4.88 Å². The van der Waals surface area contributed by atoms with Crippen molar-refractivity contribution in [1.29, 1.82) is 0 Å². The van der Waals surface area contributed by atoms with E-state index >= 15 is 0 Å². The molecule has 1 aliphatic heterocycles. The average molecular weight is 499 g/mol. The van der Waals surface area contributed by atoms with E-state index < -0.39 is 24.5 Å². The molecule has 0 spiro atoms. The first-order valence-electron chi connectivity index (χ1n) is 10.0. The monoisotopic (exact) mass is 498 g/mol. The van der Waals surface area contributed by atoms with Crippen LogP contribution in [0.25, 0.3) is 10.1 Å². The minimum atomic E-state index is -0.648. The van der Waals surface area contributed by atoms with Crippen molar-refractivity contribution < 1.29 is 18.7 Å². The summed E-state index contributed by atoms with van der Waals surface area (Å²) in [6, 6.07) is 17.7. The van der Waals surface area contributed by atoms with E-state index in [0.29, 0.717) is 27.9 Å². The van der Waals surface area contributed by atoms with Gasteiger partial charge in [0, 0.05) is 21.5 Å². The fraction of sp³-hybridized carbons (Fsp3) is 0.125. The highest BCUT2D eigenvalue weighted by molar-refractivity contribution is 7.21. The summed E-state index contributed by atoms with van der Waals surface area (Å²) in [7, 11) is 0. The zero-order valence-corrected chi connectivity index (χ0v) is 19.4. The summed E-state index contributed by atoms with van der Waals surface area (Å²) in [4.78, 5) is 25.9. The van der Waals surface area contributed by atoms with Gasteiger partial charge >= 0.3 is 5.97 Å². The van der Waals surface area contributed by atoms with Crippen molar-refractivity contribution in [1.82, 2.24) is 5.01 Å². The number of benzene rings is 2. The van der Waals surface area contributed by atoms with Crippen LogP contribution >= 0.6 is 34.5 Å². The van der Waals surface area contributed by atoms with Gasteiger partial charge in [-0.25, -0.2) is 9.80 Å². The molecule has 0 radical (unpaired) electrons. The molecule has 1 aliphatic rings. The second kappa shape index (κ2) is 9.02. The van der Waals surface area contributed by atoms with E-state index in [9.17, 15) is 9.59 Å². The fourth-order valence-corrected chi connectivity index (χ4v) is 5.19. The van der Waals surface area contributed by atoms with Gasteiger partial charge in [-0.3, -0.25) is 4.79 Å². The molecule has 3 heterocycles. The van der Waals surface area contributed by atoms with Crippen molar-refractivity contribution in [2.45, 2.75) is 12.5 Å². The van der Waals surface area contributed by atoms with Gasteiger partial charge in [0.25, 0.3) is 5.91 Å². The second-order valence-electron chi connectivity index (χ2n) is 7.34. The molecule has 0 saturated carbocycles. The molecule has 0 saturated heterocycles. The summed E-state index contributed by atoms with van der Waals surface area (Å²) in [5, 5.41) is 7.53. The number of ether oxygens (including phenoxy) is 1. The topological polar surface area (TPSA) is 72.1 Å². The van der Waals surface area contributed by atoms with Crippen molar-refractivity contribution >= 4 is 62.2 Å². The summed E-state index contributed by atoms with van der Waals surface area (Å²) in [6.07, 6.45) is 2.00. The SMILES string of the molecule is O=C(OCC(=O)N1N=C(c2ccc(Cl)cc2)C[C@@H]1c1ccco1)c1sc2ccccc2c1Cl. The Bertz CT molecular complexity index is 1360. The molecule has 0 aliphatic carbocycles. The maximum Gasteiger partial charge on any atom is 0.350 e. The van der Waals surface area contributed by atoms with Crippen LogP contribution in [0.1, 0.15) is 33.5 Å². The summed E-state index contributed by atoms with van der Waals surface area (Å²) in [5.74, 6) is -0.522. The number of nitrogens with zero attached hydrogens (tertiary/aromatic N) is 2. The number of furan rings is 1. The molecule has 0 fully saturated rings. The van der Waals surface area contributed by atoms with Crippen molar-refractivity contribution in [3.63, 3.8) is 0 Å². The number of halogens is 2. The van der Waals surface area contributed by atoms with Crippen molar-refractivity contribution in [2.24, 2.45) is 5.10 Å². The Labute approximate surface area is 203 Å². The Balaban J connectivity index is 1.35. The Morgan fingerprint density at radius 3 is 2.61 bits per heavy atom. The summed E-state index contributed by atoms with van der Waals surface area (Å²) >= 11 is 13.6. The minimum absolute atomic E-state index is 0.264. The Kier molecular flexibility index (Phi) is 5.93. The molecular formula is C24H16Cl2N2O4S. The highest BCUT2D eigenvalue weighted by Crippen LogP contribution is 2.36. The summed E-state index contributed by atoms with van der Waals surface area (Å²) < 4.78 is 11.7. The van der Waals surface area contributed by atoms with Crippen molar-refractivity contribution in [3.8, 4) is 0 Å². The minimum Gasteiger partial charge on any atom is -0.467 e. The van der Waals surface area contributed by atoms with Gasteiger partial charge in [0.15, 0.2) is 6.61 Å². The van der Waals surface area contributed by atoms with Crippen LogP contribution in [-0.4, -0.2) is 29.2 Å². The predicted molar refractivity (Wildman–Crippen MR) is 128 cm³/mol. The number of thiophene rings is 1. The van der Waals surface area contributed by atoms with Crippen LogP contribution in [0.2, 0.25) is 10.0 Å². The average Bonchev–Trinajstić information content (AvgIpc) is 3.57. The van der Waals surface area contributed by atoms with E-state index in [0.717, 1.165) is 15.6 Å². The number of carbonyl (C=O) groups excluding carboxylic acids is 2. The van der Waals surface area contributed by atoms with Crippen LogP contribution in [-0.2, 0) is 9.53 Å². The van der Waals surface area contributed by atoms with E-state index in [2.05, 4.69) is 5.10 Å². The molecule has 1 atom stereocenters. The number of fused-ring (bicyclic) bond motifs is 1. The quantitative estimate of drug-likeness (QED) is 0.301. The highest BCUT2D eigenvalue weighted by atomic mass is 35.5. The third-order valence-corrected chi connectivity index (χ3v) is 7.17. The third-order valence-electron chi connectivity index (χ3n) is 5.26. The van der Waals surface area contributed by atoms with E-state index in [1.54, 1.807) is 30.5 Å². The number of esters is 1. The predicted octanol–water partition coefficient (Wildman–Crippen LogP) is 6.34. The van der Waals surface area contributed by atoms with Crippen LogP contribution in [0.3, 0.4) is 0 Å². The Morgan fingerprint density at radius 1 is 1.09 bits per heavy atom. The van der Waals surface area contributed by atoms with Crippen LogP contribution in [0.4, 0.5) is 0 Å². The molecule has 5 rings (SSSR count). The van der Waals surface area contributed by atoms with Crippen molar-refractivity contribution in [2.75, 3.05) is 6.61 Å². The van der Waals surface area contributed by atoms with Crippen LogP contribution in [0, 0.1) is 0 Å². The highest BCUT2D eigenvalue weighted by Gasteiger charge is 2.35. The third kappa shape index (κ3) is 4.27. The molecule has 0 unspecified atom stereocenters. The Morgan fingerprint density at radius 2 is 1.88 bits per heavy atom. The number of amides is 1. The van der Waals surface area contributed by atoms with Crippen LogP contribution in [0.15, 0.2) is 76.4 Å². The number of rotatable bonds is 5. The largest absolute Gasteiger partial charge is 0.467 e. The molecule has 6 nitrogen and oxygen atoms in total. The van der Waals surface area contributed by atoms with Gasteiger partial charge in [0.05, 0.1) is 17.0 Å². The molecule has 4 aromatic rings. The Hall–Kier alpha value is -3.13. The summed E-state index contributed by atoms with van der Waals surface area (Å²) in [5.41, 5.74) is 1.56. The number of hydrazone groups is 1. The van der Waals surface area contributed by atoms with Gasteiger partial charge < -0.3 is 9.15 Å². The normalized spacial score (nSPS) is 15.6. The van der Waals surface area contributed by atoms with Gasteiger partial charge in [-0.05, 0) is 35.9 Å². The first-order chi connectivity index (χ1) is 16.0. The van der Waals surface area contributed by atoms with Crippen LogP contribution in [0.5, 0.6) is 0 Å². The number of hydrogen-bond acceptors (Lipinski definition) is 6. The molecule has 1 amide bonds. The van der Waals surface area contributed by atoms with E-state index in [1.165, 1.54) is 16.3 Å². The lowest BCUT2D eigenvalue weighted by Gasteiger charge is -2.19. The lowest BCUT2D eigenvalue weighted by molar-refractivity contribution is -0.136. The standard InChI is InChI=1S/C24H16Cl2N2O4S/c25-15-9-7-14(8-10-15)17-12-18(19-5-3-11-31-19)28(27-17)21(29)13-32-24(30)23-22(26)16-4-1-2-6-20(16)33-23/h1-11,18H,12-13H2/t18-/m1/s1. The molecule has 2 aromatic heterocycles. The van der Waals surface area contributed by atoms with Crippen molar-refractivity contribution in [3.05, 3.63) is 93.2 Å². The first kappa shape index (κ1) is 21.7. The fourth-order valence-electron chi connectivity index (χ4n) is 3.66. The molecule has 166 valence electrons. The van der Waals surface area contributed by atoms with Crippen LogP contribution < -0.4 is 0 Å². The molecule has 33 heavy (non-hydrogen) atoms.